The zero-order valence-electron chi connectivity index (χ0n) is 15.5. The smallest absolute Gasteiger partial charge is 0.335 e. The van der Waals surface area contributed by atoms with Gasteiger partial charge in [0.15, 0.2) is 5.84 Å². The fraction of sp³-hybridized carbons (Fsp3) is 0.150. The van der Waals surface area contributed by atoms with Crippen molar-refractivity contribution in [3.8, 4) is 11.3 Å². The summed E-state index contributed by atoms with van der Waals surface area (Å²) in [6.07, 6.45) is 1.45. The van der Waals surface area contributed by atoms with Gasteiger partial charge in [0, 0.05) is 11.5 Å². The zero-order valence-corrected chi connectivity index (χ0v) is 16.4. The molecule has 0 spiro atoms. The number of carbonyl (C=O) groups is 2. The maximum Gasteiger partial charge on any atom is 0.335 e. The van der Waals surface area contributed by atoms with Crippen LogP contribution in [0.25, 0.3) is 17.4 Å². The van der Waals surface area contributed by atoms with Crippen molar-refractivity contribution in [3.05, 3.63) is 53.3 Å². The molecule has 0 atom stereocenters. The molecule has 4 rings (SSSR count). The SMILES string of the molecule is CC(C)C1=NN2C(=N)/C(=C\c3ccc(-c4cccc(C(=O)O)c4)o3)C(=O)N=C2S1. The second kappa shape index (κ2) is 7.17. The van der Waals surface area contributed by atoms with Crippen molar-refractivity contribution >= 4 is 45.8 Å². The molecule has 0 fully saturated rings. The van der Waals surface area contributed by atoms with Gasteiger partial charge in [-0.2, -0.15) is 15.1 Å². The Morgan fingerprint density at radius 2 is 2.10 bits per heavy atom. The Labute approximate surface area is 170 Å². The van der Waals surface area contributed by atoms with Gasteiger partial charge in [0.05, 0.1) is 11.1 Å². The molecule has 8 nitrogen and oxygen atoms in total. The molecule has 0 unspecified atom stereocenters. The third-order valence-electron chi connectivity index (χ3n) is 4.27. The predicted octanol–water partition coefficient (Wildman–Crippen LogP) is 3.92. The summed E-state index contributed by atoms with van der Waals surface area (Å²) in [6, 6.07) is 9.69. The summed E-state index contributed by atoms with van der Waals surface area (Å²) in [4.78, 5) is 27.6. The lowest BCUT2D eigenvalue weighted by atomic mass is 10.1. The molecule has 29 heavy (non-hydrogen) atoms. The lowest BCUT2D eigenvalue weighted by molar-refractivity contribution is -0.114. The summed E-state index contributed by atoms with van der Waals surface area (Å²) in [5.41, 5.74) is 0.820. The molecule has 0 aliphatic carbocycles. The van der Waals surface area contributed by atoms with Crippen molar-refractivity contribution in [1.29, 1.82) is 5.41 Å². The van der Waals surface area contributed by atoms with Crippen molar-refractivity contribution in [2.24, 2.45) is 16.0 Å². The van der Waals surface area contributed by atoms with Crippen molar-refractivity contribution < 1.29 is 19.1 Å². The van der Waals surface area contributed by atoms with Crippen LogP contribution >= 0.6 is 11.8 Å². The number of aliphatic imine (C=N–C) groups is 1. The van der Waals surface area contributed by atoms with E-state index in [0.29, 0.717) is 22.3 Å². The van der Waals surface area contributed by atoms with E-state index in [9.17, 15) is 9.59 Å². The number of hydrazone groups is 1. The van der Waals surface area contributed by atoms with E-state index >= 15 is 0 Å². The molecule has 2 aromatic rings. The van der Waals surface area contributed by atoms with Crippen molar-refractivity contribution in [2.45, 2.75) is 13.8 Å². The monoisotopic (exact) mass is 408 g/mol. The average Bonchev–Trinajstić information content (AvgIpc) is 3.32. The number of carbonyl (C=O) groups excluding carboxylic acids is 1. The number of benzene rings is 1. The molecule has 2 aliphatic heterocycles. The number of thioether (sulfide) groups is 1. The van der Waals surface area contributed by atoms with Gasteiger partial charge >= 0.3 is 5.97 Å². The van der Waals surface area contributed by atoms with Crippen molar-refractivity contribution in [1.82, 2.24) is 5.01 Å². The van der Waals surface area contributed by atoms with E-state index in [2.05, 4.69) is 10.1 Å². The molecule has 2 N–H and O–H groups in total. The number of nitrogens with one attached hydrogen (secondary N) is 1. The third kappa shape index (κ3) is 3.52. The standard InChI is InChI=1S/C20H16N4O4S/c1-10(2)18-23-24-16(21)14(17(25)22-20(24)29-18)9-13-6-7-15(28-13)11-4-3-5-12(8-11)19(26)27/h3-10,21H,1-2H3,(H,26,27)/b14-9+,21-16?. The minimum absolute atomic E-state index is 0.0611. The van der Waals surface area contributed by atoms with Crippen LogP contribution in [-0.2, 0) is 4.79 Å². The first-order valence-electron chi connectivity index (χ1n) is 8.77. The van der Waals surface area contributed by atoms with Crippen molar-refractivity contribution in [2.75, 3.05) is 0 Å². The maximum absolute atomic E-state index is 12.4. The highest BCUT2D eigenvalue weighted by atomic mass is 32.2. The van der Waals surface area contributed by atoms with E-state index in [1.54, 1.807) is 24.3 Å². The topological polar surface area (TPSA) is 119 Å². The summed E-state index contributed by atoms with van der Waals surface area (Å²) in [5.74, 6) is -0.643. The van der Waals surface area contributed by atoms with Gasteiger partial charge < -0.3 is 9.52 Å². The number of amidine groups is 2. The van der Waals surface area contributed by atoms with Gasteiger partial charge in [0.1, 0.15) is 16.6 Å². The van der Waals surface area contributed by atoms with Gasteiger partial charge in [-0.3, -0.25) is 10.2 Å². The largest absolute Gasteiger partial charge is 0.478 e. The van der Waals surface area contributed by atoms with E-state index in [1.807, 2.05) is 13.8 Å². The zero-order chi connectivity index (χ0) is 20.7. The molecule has 0 saturated heterocycles. The number of aromatic carboxylic acids is 1. The van der Waals surface area contributed by atoms with E-state index in [0.717, 1.165) is 5.04 Å². The molecule has 146 valence electrons. The Kier molecular flexibility index (Phi) is 4.67. The lowest BCUT2D eigenvalue weighted by Crippen LogP contribution is -2.35. The number of hydrogen-bond acceptors (Lipinski definition) is 6. The summed E-state index contributed by atoms with van der Waals surface area (Å²) in [7, 11) is 0. The molecular weight excluding hydrogens is 392 g/mol. The van der Waals surface area contributed by atoms with Crippen LogP contribution in [0.5, 0.6) is 0 Å². The van der Waals surface area contributed by atoms with E-state index in [4.69, 9.17) is 14.9 Å². The van der Waals surface area contributed by atoms with E-state index < -0.39 is 11.9 Å². The lowest BCUT2D eigenvalue weighted by Gasteiger charge is -2.19. The van der Waals surface area contributed by atoms with E-state index in [1.165, 1.54) is 35.0 Å². The Bertz CT molecular complexity index is 1140. The molecule has 3 heterocycles. The van der Waals surface area contributed by atoms with Gasteiger partial charge in [0.2, 0.25) is 5.17 Å². The minimum Gasteiger partial charge on any atom is -0.478 e. The van der Waals surface area contributed by atoms with Gasteiger partial charge in [0.25, 0.3) is 5.91 Å². The highest BCUT2D eigenvalue weighted by molar-refractivity contribution is 8.27. The van der Waals surface area contributed by atoms with Crippen LogP contribution < -0.4 is 0 Å². The summed E-state index contributed by atoms with van der Waals surface area (Å²) < 4.78 is 5.75. The number of rotatable bonds is 4. The number of hydrogen-bond donors (Lipinski definition) is 2. The normalized spacial score (nSPS) is 17.6. The number of carboxylic acid groups (broad SMARTS) is 1. The van der Waals surface area contributed by atoms with Crippen LogP contribution in [0.15, 0.2) is 56.5 Å². The van der Waals surface area contributed by atoms with Gasteiger partial charge in [-0.05, 0) is 42.1 Å². The van der Waals surface area contributed by atoms with Gasteiger partial charge in [-0.25, -0.2) is 4.79 Å². The molecule has 0 saturated carbocycles. The van der Waals surface area contributed by atoms with Crippen molar-refractivity contribution in [3.63, 3.8) is 0 Å². The number of fused-ring (bicyclic) bond motifs is 1. The minimum atomic E-state index is -1.03. The first-order valence-corrected chi connectivity index (χ1v) is 9.59. The van der Waals surface area contributed by atoms with Crippen LogP contribution in [0, 0.1) is 11.3 Å². The summed E-state index contributed by atoms with van der Waals surface area (Å²) in [5, 5.41) is 24.4. The summed E-state index contributed by atoms with van der Waals surface area (Å²) in [6.45, 7) is 3.97. The van der Waals surface area contributed by atoms with Crippen LogP contribution in [0.2, 0.25) is 0 Å². The number of amides is 1. The van der Waals surface area contributed by atoms with Gasteiger partial charge in [-0.15, -0.1) is 0 Å². The van der Waals surface area contributed by atoms with Crippen LogP contribution in [0.1, 0.15) is 30.0 Å². The Hall–Kier alpha value is -3.46. The van der Waals surface area contributed by atoms with Crippen LogP contribution in [-0.4, -0.2) is 38.0 Å². The molecule has 0 bridgehead atoms. The Morgan fingerprint density at radius 3 is 2.83 bits per heavy atom. The van der Waals surface area contributed by atoms with Crippen LogP contribution in [0.3, 0.4) is 0 Å². The first kappa shape index (κ1) is 18.9. The Morgan fingerprint density at radius 1 is 1.31 bits per heavy atom. The highest BCUT2D eigenvalue weighted by Crippen LogP contribution is 2.31. The molecule has 9 heteroatoms. The highest BCUT2D eigenvalue weighted by Gasteiger charge is 2.36. The van der Waals surface area contributed by atoms with Crippen LogP contribution in [0.4, 0.5) is 0 Å². The molecular formula is C20H16N4O4S. The fourth-order valence-corrected chi connectivity index (χ4v) is 3.67. The quantitative estimate of drug-likeness (QED) is 0.740. The number of furan rings is 1. The summed E-state index contributed by atoms with van der Waals surface area (Å²) >= 11 is 1.29. The molecule has 1 aromatic heterocycles. The number of carboxylic acids is 1. The molecule has 1 aromatic carbocycles. The van der Waals surface area contributed by atoms with Gasteiger partial charge in [-0.1, -0.05) is 26.0 Å². The molecule has 0 radical (unpaired) electrons. The fourth-order valence-electron chi connectivity index (χ4n) is 2.77. The average molecular weight is 408 g/mol. The first-order chi connectivity index (χ1) is 13.8. The molecule has 2 aliphatic rings. The van der Waals surface area contributed by atoms with E-state index in [-0.39, 0.29) is 22.9 Å². The third-order valence-corrected chi connectivity index (χ3v) is 5.48. The number of nitrogens with zero attached hydrogens (tertiary/aromatic N) is 3. The maximum atomic E-state index is 12.4. The second-order valence-electron chi connectivity index (χ2n) is 6.70. The predicted molar refractivity (Wildman–Crippen MR) is 111 cm³/mol. The Balaban J connectivity index is 1.64. The molecule has 1 amide bonds. The second-order valence-corrected chi connectivity index (χ2v) is 7.69.